The molecule has 2 aromatic carbocycles. The molecular formula is C24H27N3O3. The van der Waals surface area contributed by atoms with Gasteiger partial charge in [-0.3, -0.25) is 9.80 Å². The summed E-state index contributed by atoms with van der Waals surface area (Å²) in [7, 11) is 0. The Bertz CT molecular complexity index is 1000. The minimum atomic E-state index is -1.19. The molecule has 0 saturated carbocycles. The first-order chi connectivity index (χ1) is 14.4. The summed E-state index contributed by atoms with van der Waals surface area (Å²) in [6, 6.07) is 18.1. The zero-order chi connectivity index (χ0) is 21.4. The summed E-state index contributed by atoms with van der Waals surface area (Å²) in [5.74, 6) is -0.618. The molecule has 4 rings (SSSR count). The highest BCUT2D eigenvalue weighted by Crippen LogP contribution is 2.37. The summed E-state index contributed by atoms with van der Waals surface area (Å²) in [4.78, 5) is 14.9. The maximum Gasteiger partial charge on any atom is 0.276 e. The number of aliphatic hydroxyl groups is 2. The molecule has 2 aliphatic heterocycles. The number of aliphatic hydroxyl groups excluding tert-OH is 2. The van der Waals surface area contributed by atoms with E-state index in [-0.39, 0.29) is 29.4 Å². The number of fused-ring (bicyclic) bond motifs is 1. The Morgan fingerprint density at radius 2 is 1.73 bits per heavy atom. The van der Waals surface area contributed by atoms with Crippen LogP contribution in [0.15, 0.2) is 78.3 Å². The van der Waals surface area contributed by atoms with E-state index in [4.69, 9.17) is 0 Å². The van der Waals surface area contributed by atoms with Crippen LogP contribution < -0.4 is 0 Å². The molecular weight excluding hydrogens is 378 g/mol. The molecule has 2 atom stereocenters. The SMILES string of the molecule is Cc1cccc(C(c2ccccc2)N2CN(C(C)C)C(=O)C3=C(O)C(O)C=CN32)c1. The van der Waals surface area contributed by atoms with E-state index in [1.165, 1.54) is 6.08 Å². The van der Waals surface area contributed by atoms with Crippen molar-refractivity contribution < 1.29 is 15.0 Å². The van der Waals surface area contributed by atoms with Crippen LogP contribution in [0.5, 0.6) is 0 Å². The van der Waals surface area contributed by atoms with E-state index in [1.807, 2.05) is 38.1 Å². The number of aryl methyl sites for hydroxylation is 1. The number of nitrogens with zero attached hydrogens (tertiary/aromatic N) is 3. The van der Waals surface area contributed by atoms with E-state index in [1.54, 1.807) is 16.1 Å². The summed E-state index contributed by atoms with van der Waals surface area (Å²) in [6.45, 7) is 6.30. The second kappa shape index (κ2) is 7.97. The quantitative estimate of drug-likeness (QED) is 0.815. The van der Waals surface area contributed by atoms with Gasteiger partial charge in [-0.2, -0.15) is 5.01 Å². The Morgan fingerprint density at radius 1 is 1.03 bits per heavy atom. The molecule has 6 nitrogen and oxygen atoms in total. The Balaban J connectivity index is 1.89. The molecule has 2 aromatic rings. The van der Waals surface area contributed by atoms with Gasteiger partial charge in [0.25, 0.3) is 5.91 Å². The van der Waals surface area contributed by atoms with Crippen LogP contribution in [0, 0.1) is 6.92 Å². The number of hydrogen-bond acceptors (Lipinski definition) is 5. The van der Waals surface area contributed by atoms with Crippen molar-refractivity contribution in [1.82, 2.24) is 14.9 Å². The van der Waals surface area contributed by atoms with Crippen molar-refractivity contribution in [3.63, 3.8) is 0 Å². The number of benzene rings is 2. The lowest BCUT2D eigenvalue weighted by molar-refractivity contribution is -0.153. The Labute approximate surface area is 176 Å². The number of rotatable bonds is 4. The fourth-order valence-corrected chi connectivity index (χ4v) is 4.05. The topological polar surface area (TPSA) is 67.2 Å². The summed E-state index contributed by atoms with van der Waals surface area (Å²) in [6.07, 6.45) is 1.96. The highest BCUT2D eigenvalue weighted by molar-refractivity contribution is 5.94. The number of carbonyl (C=O) groups is 1. The highest BCUT2D eigenvalue weighted by Gasteiger charge is 2.43. The second-order valence-electron chi connectivity index (χ2n) is 8.04. The Kier molecular flexibility index (Phi) is 5.37. The zero-order valence-electron chi connectivity index (χ0n) is 17.4. The monoisotopic (exact) mass is 405 g/mol. The van der Waals surface area contributed by atoms with Gasteiger partial charge in [-0.25, -0.2) is 0 Å². The van der Waals surface area contributed by atoms with Gasteiger partial charge < -0.3 is 15.1 Å². The van der Waals surface area contributed by atoms with Crippen molar-refractivity contribution in [3.8, 4) is 0 Å². The zero-order valence-corrected chi connectivity index (χ0v) is 17.4. The third-order valence-corrected chi connectivity index (χ3v) is 5.59. The Hall–Kier alpha value is -3.09. The lowest BCUT2D eigenvalue weighted by atomic mass is 9.96. The van der Waals surface area contributed by atoms with Crippen LogP contribution in [-0.2, 0) is 4.79 Å². The largest absolute Gasteiger partial charge is 0.507 e. The second-order valence-corrected chi connectivity index (χ2v) is 8.04. The summed E-state index contributed by atoms with van der Waals surface area (Å²) < 4.78 is 0. The van der Waals surface area contributed by atoms with Crippen LogP contribution in [0.4, 0.5) is 0 Å². The van der Waals surface area contributed by atoms with Gasteiger partial charge in [0.05, 0.1) is 12.7 Å². The van der Waals surface area contributed by atoms with Gasteiger partial charge in [-0.15, -0.1) is 0 Å². The fourth-order valence-electron chi connectivity index (χ4n) is 4.05. The first kappa shape index (κ1) is 20.2. The first-order valence-electron chi connectivity index (χ1n) is 10.2. The van der Waals surface area contributed by atoms with Crippen molar-refractivity contribution in [2.45, 2.75) is 39.0 Å². The van der Waals surface area contributed by atoms with E-state index in [0.29, 0.717) is 6.67 Å². The van der Waals surface area contributed by atoms with Gasteiger partial charge in [0.2, 0.25) is 0 Å². The normalized spacial score (nSPS) is 20.7. The predicted octanol–water partition coefficient (Wildman–Crippen LogP) is 3.47. The van der Waals surface area contributed by atoms with E-state index in [2.05, 4.69) is 42.3 Å². The molecule has 2 unspecified atom stereocenters. The van der Waals surface area contributed by atoms with Crippen molar-refractivity contribution in [1.29, 1.82) is 0 Å². The molecule has 2 heterocycles. The van der Waals surface area contributed by atoms with Crippen LogP contribution in [0.2, 0.25) is 0 Å². The third-order valence-electron chi connectivity index (χ3n) is 5.59. The molecule has 156 valence electrons. The Morgan fingerprint density at radius 3 is 2.40 bits per heavy atom. The summed E-state index contributed by atoms with van der Waals surface area (Å²) in [5.41, 5.74) is 3.39. The van der Waals surface area contributed by atoms with Crippen LogP contribution in [-0.4, -0.2) is 49.9 Å². The van der Waals surface area contributed by atoms with Crippen LogP contribution in [0.1, 0.15) is 36.6 Å². The van der Waals surface area contributed by atoms with E-state index < -0.39 is 6.10 Å². The molecule has 0 aliphatic carbocycles. The van der Waals surface area contributed by atoms with Gasteiger partial charge in [-0.1, -0.05) is 60.2 Å². The summed E-state index contributed by atoms with van der Waals surface area (Å²) in [5, 5.41) is 24.5. The number of hydrazine groups is 1. The fraction of sp³-hybridized carbons (Fsp3) is 0.292. The number of hydrogen-bond donors (Lipinski definition) is 2. The molecule has 1 saturated heterocycles. The van der Waals surface area contributed by atoms with Crippen LogP contribution in [0.25, 0.3) is 0 Å². The molecule has 1 amide bonds. The highest BCUT2D eigenvalue weighted by atomic mass is 16.3. The molecule has 0 spiro atoms. The molecule has 30 heavy (non-hydrogen) atoms. The molecule has 0 aromatic heterocycles. The van der Waals surface area contributed by atoms with Gasteiger partial charge in [-0.05, 0) is 38.0 Å². The van der Waals surface area contributed by atoms with Crippen LogP contribution >= 0.6 is 0 Å². The first-order valence-corrected chi connectivity index (χ1v) is 10.2. The van der Waals surface area contributed by atoms with Crippen molar-refractivity contribution in [3.05, 3.63) is 95.0 Å². The van der Waals surface area contributed by atoms with E-state index in [9.17, 15) is 15.0 Å². The van der Waals surface area contributed by atoms with Crippen molar-refractivity contribution in [2.24, 2.45) is 0 Å². The predicted molar refractivity (Wildman–Crippen MR) is 115 cm³/mol. The molecule has 2 aliphatic rings. The average molecular weight is 405 g/mol. The summed E-state index contributed by atoms with van der Waals surface area (Å²) >= 11 is 0. The minimum Gasteiger partial charge on any atom is -0.507 e. The molecule has 2 N–H and O–H groups in total. The van der Waals surface area contributed by atoms with Gasteiger partial charge in [0.15, 0.2) is 11.5 Å². The standard InChI is InChI=1S/C24H27N3O3/c1-16(2)25-15-27(26-13-12-20(28)23(29)22(26)24(25)30)21(18-9-5-4-6-10-18)19-11-7-8-17(3)14-19/h4-14,16,20-21,28-29H,15H2,1-3H3. The lowest BCUT2D eigenvalue weighted by Crippen LogP contribution is -2.60. The van der Waals surface area contributed by atoms with Gasteiger partial charge in [0, 0.05) is 12.2 Å². The maximum absolute atomic E-state index is 13.1. The van der Waals surface area contributed by atoms with E-state index in [0.717, 1.165) is 16.7 Å². The lowest BCUT2D eigenvalue weighted by Gasteiger charge is -2.49. The maximum atomic E-state index is 13.1. The smallest absolute Gasteiger partial charge is 0.276 e. The number of carbonyl (C=O) groups excluding carboxylic acids is 1. The minimum absolute atomic E-state index is 0.0700. The third kappa shape index (κ3) is 3.49. The van der Waals surface area contributed by atoms with Crippen LogP contribution in [0.3, 0.4) is 0 Å². The van der Waals surface area contributed by atoms with E-state index >= 15 is 0 Å². The van der Waals surface area contributed by atoms with Gasteiger partial charge >= 0.3 is 0 Å². The molecule has 6 heteroatoms. The molecule has 0 radical (unpaired) electrons. The van der Waals surface area contributed by atoms with Crippen molar-refractivity contribution in [2.75, 3.05) is 6.67 Å². The van der Waals surface area contributed by atoms with Gasteiger partial charge in [0.1, 0.15) is 6.10 Å². The average Bonchev–Trinajstić information content (AvgIpc) is 2.73. The number of amides is 1. The molecule has 1 fully saturated rings. The van der Waals surface area contributed by atoms with Crippen molar-refractivity contribution >= 4 is 5.91 Å². The molecule has 0 bridgehead atoms.